The first-order valence-electron chi connectivity index (χ1n) is 10.2. The number of aromatic amines is 1. The van der Waals surface area contributed by atoms with Gasteiger partial charge in [0.2, 0.25) is 5.91 Å². The normalized spacial score (nSPS) is 17.3. The SMILES string of the molecule is CSCCC(NC(=O)c1cc2c(cn1)[nH]c1ccccc12)C(=O)NCC1CCCO1. The van der Waals surface area contributed by atoms with Gasteiger partial charge in [-0.2, -0.15) is 11.8 Å². The lowest BCUT2D eigenvalue weighted by atomic mass is 10.1. The molecule has 0 radical (unpaired) electrons. The first-order chi connectivity index (χ1) is 14.7. The molecule has 7 nitrogen and oxygen atoms in total. The Labute approximate surface area is 179 Å². The van der Waals surface area contributed by atoms with Crippen LogP contribution in [-0.4, -0.2) is 59.1 Å². The Hall–Kier alpha value is -2.58. The van der Waals surface area contributed by atoms with Crippen LogP contribution in [0, 0.1) is 0 Å². The van der Waals surface area contributed by atoms with Crippen molar-refractivity contribution in [2.75, 3.05) is 25.2 Å². The van der Waals surface area contributed by atoms with Crippen LogP contribution in [-0.2, 0) is 9.53 Å². The monoisotopic (exact) mass is 426 g/mol. The summed E-state index contributed by atoms with van der Waals surface area (Å²) < 4.78 is 5.56. The predicted octanol–water partition coefficient (Wildman–Crippen LogP) is 2.86. The zero-order valence-corrected chi connectivity index (χ0v) is 17.8. The zero-order chi connectivity index (χ0) is 20.9. The molecule has 1 aromatic carbocycles. The molecule has 2 unspecified atom stereocenters. The van der Waals surface area contributed by atoms with Gasteiger partial charge in [0.05, 0.1) is 17.8 Å². The molecule has 2 aromatic heterocycles. The van der Waals surface area contributed by atoms with Gasteiger partial charge < -0.3 is 20.4 Å². The number of ether oxygens (including phenoxy) is 1. The number of H-pyrrole nitrogens is 1. The van der Waals surface area contributed by atoms with E-state index in [0.29, 0.717) is 18.7 Å². The van der Waals surface area contributed by atoms with Gasteiger partial charge in [-0.1, -0.05) is 18.2 Å². The Morgan fingerprint density at radius 2 is 2.17 bits per heavy atom. The fourth-order valence-electron chi connectivity index (χ4n) is 3.75. The topological polar surface area (TPSA) is 96.1 Å². The number of benzene rings is 1. The fraction of sp³-hybridized carbons (Fsp3) is 0.409. The van der Waals surface area contributed by atoms with Crippen molar-refractivity contribution in [1.29, 1.82) is 0 Å². The van der Waals surface area contributed by atoms with Gasteiger partial charge in [-0.25, -0.2) is 4.98 Å². The summed E-state index contributed by atoms with van der Waals surface area (Å²) in [5, 5.41) is 7.78. The second-order valence-electron chi connectivity index (χ2n) is 7.47. The maximum absolute atomic E-state index is 12.9. The molecule has 0 spiro atoms. The number of rotatable bonds is 8. The molecule has 3 aromatic rings. The Morgan fingerprint density at radius 1 is 1.30 bits per heavy atom. The molecule has 0 aliphatic carbocycles. The zero-order valence-electron chi connectivity index (χ0n) is 16.9. The molecule has 0 saturated carbocycles. The van der Waals surface area contributed by atoms with Crippen molar-refractivity contribution in [2.24, 2.45) is 0 Å². The van der Waals surface area contributed by atoms with Crippen molar-refractivity contribution < 1.29 is 14.3 Å². The highest BCUT2D eigenvalue weighted by molar-refractivity contribution is 7.98. The molecule has 30 heavy (non-hydrogen) atoms. The van der Waals surface area contributed by atoms with Crippen LogP contribution in [0.4, 0.5) is 0 Å². The summed E-state index contributed by atoms with van der Waals surface area (Å²) in [5.41, 5.74) is 2.17. The van der Waals surface area contributed by atoms with E-state index in [-0.39, 0.29) is 17.9 Å². The van der Waals surface area contributed by atoms with E-state index >= 15 is 0 Å². The molecular weight excluding hydrogens is 400 g/mol. The number of nitrogens with zero attached hydrogens (tertiary/aromatic N) is 1. The molecule has 2 atom stereocenters. The number of para-hydroxylation sites is 1. The van der Waals surface area contributed by atoms with Crippen LogP contribution in [0.3, 0.4) is 0 Å². The second kappa shape index (κ2) is 9.49. The predicted molar refractivity (Wildman–Crippen MR) is 120 cm³/mol. The van der Waals surface area contributed by atoms with Crippen LogP contribution in [0.2, 0.25) is 0 Å². The molecule has 158 valence electrons. The third-order valence-electron chi connectivity index (χ3n) is 5.38. The molecule has 1 fully saturated rings. The van der Waals surface area contributed by atoms with Crippen molar-refractivity contribution in [2.45, 2.75) is 31.4 Å². The molecule has 1 aliphatic rings. The molecule has 3 N–H and O–H groups in total. The van der Waals surface area contributed by atoms with Crippen LogP contribution in [0.25, 0.3) is 21.8 Å². The maximum Gasteiger partial charge on any atom is 0.270 e. The molecule has 3 heterocycles. The van der Waals surface area contributed by atoms with Crippen molar-refractivity contribution in [3.63, 3.8) is 0 Å². The minimum atomic E-state index is -0.605. The number of amides is 2. The van der Waals surface area contributed by atoms with Gasteiger partial charge >= 0.3 is 0 Å². The summed E-state index contributed by atoms with van der Waals surface area (Å²) in [6.07, 6.45) is 6.25. The van der Waals surface area contributed by atoms with Gasteiger partial charge in [-0.3, -0.25) is 9.59 Å². The van der Waals surface area contributed by atoms with Gasteiger partial charge in [0, 0.05) is 29.4 Å². The molecule has 1 saturated heterocycles. The number of thioether (sulfide) groups is 1. The molecule has 4 rings (SSSR count). The minimum Gasteiger partial charge on any atom is -0.376 e. The molecule has 0 bridgehead atoms. The number of aromatic nitrogens is 2. The quantitative estimate of drug-likeness (QED) is 0.515. The van der Waals surface area contributed by atoms with Gasteiger partial charge in [0.1, 0.15) is 11.7 Å². The lowest BCUT2D eigenvalue weighted by Gasteiger charge is -2.19. The van der Waals surface area contributed by atoms with Crippen molar-refractivity contribution in [3.05, 3.63) is 42.2 Å². The van der Waals surface area contributed by atoms with E-state index < -0.39 is 6.04 Å². The van der Waals surface area contributed by atoms with Gasteiger partial charge in [-0.05, 0) is 43.4 Å². The highest BCUT2D eigenvalue weighted by atomic mass is 32.2. The first-order valence-corrected chi connectivity index (χ1v) is 11.6. The maximum atomic E-state index is 12.9. The van der Waals surface area contributed by atoms with Crippen LogP contribution in [0.1, 0.15) is 29.8 Å². The van der Waals surface area contributed by atoms with E-state index in [1.165, 1.54) is 0 Å². The summed E-state index contributed by atoms with van der Waals surface area (Å²) in [4.78, 5) is 33.2. The summed E-state index contributed by atoms with van der Waals surface area (Å²) in [5.74, 6) is 0.245. The summed E-state index contributed by atoms with van der Waals surface area (Å²) in [6, 6.07) is 9.10. The summed E-state index contributed by atoms with van der Waals surface area (Å²) in [7, 11) is 0. The standard InChI is InChI=1S/C22H26N4O3S/c1-30-10-8-18(21(27)24-12-14-5-4-9-29-14)26-22(28)19-11-16-15-6-2-3-7-17(15)25-20(16)13-23-19/h2-3,6-7,11,13-14,18,25H,4-5,8-10,12H2,1H3,(H,24,27)(H,26,28). The summed E-state index contributed by atoms with van der Waals surface area (Å²) >= 11 is 1.64. The average molecular weight is 427 g/mol. The number of nitrogens with one attached hydrogen (secondary N) is 3. The van der Waals surface area contributed by atoms with Gasteiger partial charge in [0.25, 0.3) is 5.91 Å². The van der Waals surface area contributed by atoms with Crippen LogP contribution < -0.4 is 10.6 Å². The van der Waals surface area contributed by atoms with Crippen LogP contribution in [0.5, 0.6) is 0 Å². The lowest BCUT2D eigenvalue weighted by Crippen LogP contribution is -2.48. The Balaban J connectivity index is 1.48. The number of fused-ring (bicyclic) bond motifs is 3. The van der Waals surface area contributed by atoms with E-state index in [1.807, 2.05) is 30.5 Å². The largest absolute Gasteiger partial charge is 0.376 e. The van der Waals surface area contributed by atoms with E-state index in [0.717, 1.165) is 47.0 Å². The van der Waals surface area contributed by atoms with Gasteiger partial charge in [-0.15, -0.1) is 0 Å². The van der Waals surface area contributed by atoms with Crippen LogP contribution in [0.15, 0.2) is 36.5 Å². The highest BCUT2D eigenvalue weighted by Crippen LogP contribution is 2.25. The van der Waals surface area contributed by atoms with Crippen molar-refractivity contribution in [3.8, 4) is 0 Å². The average Bonchev–Trinajstić information content (AvgIpc) is 3.41. The number of carbonyl (C=O) groups is 2. The molecule has 2 amide bonds. The Kier molecular flexibility index (Phi) is 6.54. The fourth-order valence-corrected chi connectivity index (χ4v) is 4.23. The van der Waals surface area contributed by atoms with Gasteiger partial charge in [0.15, 0.2) is 0 Å². The second-order valence-corrected chi connectivity index (χ2v) is 8.46. The summed E-state index contributed by atoms with van der Waals surface area (Å²) in [6.45, 7) is 1.22. The van der Waals surface area contributed by atoms with E-state index in [9.17, 15) is 9.59 Å². The van der Waals surface area contributed by atoms with E-state index in [2.05, 4.69) is 20.6 Å². The molecule has 1 aliphatic heterocycles. The minimum absolute atomic E-state index is 0.0665. The van der Waals surface area contributed by atoms with E-state index in [1.54, 1.807) is 24.0 Å². The van der Waals surface area contributed by atoms with Crippen molar-refractivity contribution in [1.82, 2.24) is 20.6 Å². The Bertz CT molecular complexity index is 1050. The Morgan fingerprint density at radius 3 is 2.97 bits per heavy atom. The molecule has 8 heteroatoms. The number of pyridine rings is 1. The number of hydrogen-bond donors (Lipinski definition) is 3. The van der Waals surface area contributed by atoms with Crippen molar-refractivity contribution >= 4 is 45.4 Å². The van der Waals surface area contributed by atoms with E-state index in [4.69, 9.17) is 4.74 Å². The molecular formula is C22H26N4O3S. The smallest absolute Gasteiger partial charge is 0.270 e. The third-order valence-corrected chi connectivity index (χ3v) is 6.03. The number of hydrogen-bond acceptors (Lipinski definition) is 5. The lowest BCUT2D eigenvalue weighted by molar-refractivity contribution is -0.123. The number of carbonyl (C=O) groups excluding carboxylic acids is 2. The van der Waals surface area contributed by atoms with Crippen LogP contribution >= 0.6 is 11.8 Å². The third kappa shape index (κ3) is 4.60. The first kappa shape index (κ1) is 20.7. The highest BCUT2D eigenvalue weighted by Gasteiger charge is 2.24.